The molecular weight excluding hydrogens is 509 g/mol. The highest BCUT2D eigenvalue weighted by Crippen LogP contribution is 2.30. The predicted octanol–water partition coefficient (Wildman–Crippen LogP) is 2.71. The number of carboxylic acid groups (broad SMARTS) is 1. The maximum absolute atomic E-state index is 13.6. The monoisotopic (exact) mass is 533 g/mol. The molecule has 2 aromatic carbocycles. The number of carboxylic acids is 1. The number of halogens is 1. The van der Waals surface area contributed by atoms with E-state index in [1.54, 1.807) is 41.8 Å². The summed E-state index contributed by atoms with van der Waals surface area (Å²) in [7, 11) is -3.41. The first kappa shape index (κ1) is 27.3. The number of carbonyl (C=O) groups is 2. The summed E-state index contributed by atoms with van der Waals surface area (Å²) in [4.78, 5) is 38.7. The molecule has 0 saturated heterocycles. The van der Waals surface area contributed by atoms with Gasteiger partial charge in [0.1, 0.15) is 11.9 Å². The molecule has 13 heteroatoms. The van der Waals surface area contributed by atoms with Gasteiger partial charge in [-0.25, -0.2) is 17.6 Å². The molecule has 1 aromatic heterocycles. The van der Waals surface area contributed by atoms with E-state index >= 15 is 0 Å². The van der Waals surface area contributed by atoms with Gasteiger partial charge in [-0.15, -0.1) is 10.1 Å². The minimum absolute atomic E-state index is 0.133. The molecule has 0 spiro atoms. The van der Waals surface area contributed by atoms with Gasteiger partial charge in [0.2, 0.25) is 5.91 Å². The van der Waals surface area contributed by atoms with Crippen molar-refractivity contribution in [2.75, 3.05) is 12.9 Å². The van der Waals surface area contributed by atoms with Crippen molar-refractivity contribution in [1.29, 1.82) is 0 Å². The normalized spacial score (nSPS) is 12.1. The number of hydrogen-bond donors (Lipinski definition) is 2. The van der Waals surface area contributed by atoms with Gasteiger partial charge in [-0.2, -0.15) is 0 Å². The van der Waals surface area contributed by atoms with Crippen LogP contribution in [0.25, 0.3) is 16.9 Å². The quantitative estimate of drug-likeness (QED) is 0.281. The average molecular weight is 534 g/mol. The van der Waals surface area contributed by atoms with Crippen molar-refractivity contribution >= 4 is 21.7 Å². The number of rotatable bonds is 11. The van der Waals surface area contributed by atoms with Gasteiger partial charge in [0, 0.05) is 24.1 Å². The second-order valence-corrected chi connectivity index (χ2v) is 10.2. The van der Waals surface area contributed by atoms with Crippen LogP contribution in [-0.4, -0.2) is 54.0 Å². The van der Waals surface area contributed by atoms with Crippen molar-refractivity contribution in [2.24, 2.45) is 0 Å². The van der Waals surface area contributed by atoms with Crippen molar-refractivity contribution in [3.05, 3.63) is 81.8 Å². The predicted molar refractivity (Wildman–Crippen MR) is 130 cm³/mol. The minimum atomic E-state index is -3.41. The van der Waals surface area contributed by atoms with Crippen LogP contribution >= 0.6 is 0 Å². The lowest BCUT2D eigenvalue weighted by atomic mass is 10.1. The molecule has 0 aliphatic rings. The second kappa shape index (κ2) is 11.2. The molecule has 196 valence electrons. The fraction of sp³-hybridized carbons (Fsp3) is 0.250. The molecule has 0 radical (unpaired) electrons. The highest BCUT2D eigenvalue weighted by Gasteiger charge is 2.23. The zero-order chi connectivity index (χ0) is 27.3. The summed E-state index contributed by atoms with van der Waals surface area (Å²) >= 11 is 0. The Bertz CT molecular complexity index is 1420. The number of nitrogens with one attached hydrogen (secondary N) is 1. The number of carbonyl (C=O) groups excluding carboxylic acids is 1. The third-order valence-electron chi connectivity index (χ3n) is 5.60. The maximum atomic E-state index is 13.6. The molecule has 11 nitrogen and oxygen atoms in total. The van der Waals surface area contributed by atoms with E-state index in [-0.39, 0.29) is 17.7 Å². The summed E-state index contributed by atoms with van der Waals surface area (Å²) in [6.07, 6.45) is 0.571. The van der Waals surface area contributed by atoms with Crippen LogP contribution in [-0.2, 0) is 30.7 Å². The number of aliphatic carboxylic acids is 1. The van der Waals surface area contributed by atoms with Gasteiger partial charge >= 0.3 is 5.97 Å². The molecule has 3 rings (SSSR count). The van der Waals surface area contributed by atoms with E-state index in [1.165, 1.54) is 24.3 Å². The van der Waals surface area contributed by atoms with Crippen molar-refractivity contribution in [3.63, 3.8) is 0 Å². The SMILES string of the molecule is Cc1c(CC(=O)NC(CCO[N+](=O)[O-])C(=O)O)cc(-c2ccc(S(C)(=O)=O)cc2)n1-c1ccc(F)cc1. The van der Waals surface area contributed by atoms with Crippen LogP contribution in [0.2, 0.25) is 0 Å². The fourth-order valence-corrected chi connectivity index (χ4v) is 4.40. The van der Waals surface area contributed by atoms with Gasteiger partial charge in [-0.1, -0.05) is 12.1 Å². The first-order chi connectivity index (χ1) is 17.4. The molecule has 3 aromatic rings. The van der Waals surface area contributed by atoms with Crippen LogP contribution in [0.15, 0.2) is 59.5 Å². The Morgan fingerprint density at radius 1 is 1.16 bits per heavy atom. The Morgan fingerprint density at radius 3 is 2.32 bits per heavy atom. The molecule has 0 bridgehead atoms. The second-order valence-electron chi connectivity index (χ2n) is 8.23. The summed E-state index contributed by atoms with van der Waals surface area (Å²) in [5, 5.41) is 20.9. The van der Waals surface area contributed by atoms with Gasteiger partial charge in [0.15, 0.2) is 9.84 Å². The minimum Gasteiger partial charge on any atom is -0.480 e. The molecule has 1 atom stereocenters. The van der Waals surface area contributed by atoms with Crippen molar-refractivity contribution < 1.29 is 37.4 Å². The van der Waals surface area contributed by atoms with Crippen molar-refractivity contribution in [3.8, 4) is 16.9 Å². The van der Waals surface area contributed by atoms with E-state index in [4.69, 9.17) is 0 Å². The van der Waals surface area contributed by atoms with Gasteiger partial charge in [0.05, 0.1) is 23.6 Å². The standard InChI is InChI=1S/C24H24FN3O8S/c1-15-17(14-23(29)26-21(24(30)31)11-12-36-28(32)33)13-22(27(15)19-7-5-18(25)6-8-19)16-3-9-20(10-4-16)37(2,34)35/h3-10,13,21H,11-12,14H2,1-2H3,(H,26,29)(H,30,31). The van der Waals surface area contributed by atoms with Gasteiger partial charge < -0.3 is 19.8 Å². The largest absolute Gasteiger partial charge is 0.480 e. The lowest BCUT2D eigenvalue weighted by molar-refractivity contribution is -0.757. The molecule has 1 unspecified atom stereocenters. The Kier molecular flexibility index (Phi) is 8.28. The van der Waals surface area contributed by atoms with E-state index < -0.39 is 45.3 Å². The van der Waals surface area contributed by atoms with Gasteiger partial charge in [0.25, 0.3) is 5.09 Å². The van der Waals surface area contributed by atoms with Crippen LogP contribution in [0, 0.1) is 22.9 Å². The lowest BCUT2D eigenvalue weighted by Crippen LogP contribution is -2.42. The number of amides is 1. The van der Waals surface area contributed by atoms with Crippen molar-refractivity contribution in [2.45, 2.75) is 30.7 Å². The number of nitrogens with zero attached hydrogens (tertiary/aromatic N) is 2. The Balaban J connectivity index is 1.94. The third kappa shape index (κ3) is 6.91. The number of aromatic nitrogens is 1. The topological polar surface area (TPSA) is 158 Å². The summed E-state index contributed by atoms with van der Waals surface area (Å²) in [5.41, 5.74) is 2.98. The molecule has 0 saturated carbocycles. The third-order valence-corrected chi connectivity index (χ3v) is 6.73. The Morgan fingerprint density at radius 2 is 1.78 bits per heavy atom. The first-order valence-electron chi connectivity index (χ1n) is 10.9. The van der Waals surface area contributed by atoms with E-state index in [1.807, 2.05) is 0 Å². The molecule has 0 fully saturated rings. The molecular formula is C24H24FN3O8S. The maximum Gasteiger partial charge on any atom is 0.326 e. The fourth-order valence-electron chi connectivity index (χ4n) is 3.77. The average Bonchev–Trinajstić information content (AvgIpc) is 3.14. The van der Waals surface area contributed by atoms with Crippen LogP contribution in [0.1, 0.15) is 17.7 Å². The number of benzene rings is 2. The summed E-state index contributed by atoms with van der Waals surface area (Å²) in [5.74, 6) is -2.44. The number of hydrogen-bond acceptors (Lipinski definition) is 7. The molecule has 37 heavy (non-hydrogen) atoms. The van der Waals surface area contributed by atoms with E-state index in [9.17, 15) is 37.6 Å². The van der Waals surface area contributed by atoms with Gasteiger partial charge in [-0.05, 0) is 60.5 Å². The van der Waals surface area contributed by atoms with Crippen LogP contribution in [0.5, 0.6) is 0 Å². The van der Waals surface area contributed by atoms with Crippen molar-refractivity contribution in [1.82, 2.24) is 9.88 Å². The Hall–Kier alpha value is -4.26. The molecule has 1 amide bonds. The zero-order valence-electron chi connectivity index (χ0n) is 19.9. The molecule has 1 heterocycles. The Labute approximate surface area is 211 Å². The molecule has 0 aliphatic carbocycles. The molecule has 0 aliphatic heterocycles. The lowest BCUT2D eigenvalue weighted by Gasteiger charge is -2.14. The summed E-state index contributed by atoms with van der Waals surface area (Å²) in [6.45, 7) is 1.23. The highest BCUT2D eigenvalue weighted by atomic mass is 32.2. The van der Waals surface area contributed by atoms with Crippen LogP contribution in [0.4, 0.5) is 4.39 Å². The molecule has 2 N–H and O–H groups in total. The number of sulfone groups is 1. The van der Waals surface area contributed by atoms with E-state index in [0.717, 1.165) is 6.26 Å². The van der Waals surface area contributed by atoms with Gasteiger partial charge in [-0.3, -0.25) is 4.79 Å². The summed E-state index contributed by atoms with van der Waals surface area (Å²) in [6, 6.07) is 12.1. The van der Waals surface area contributed by atoms with Crippen LogP contribution in [0.3, 0.4) is 0 Å². The van der Waals surface area contributed by atoms with E-state index in [0.29, 0.717) is 28.2 Å². The highest BCUT2D eigenvalue weighted by molar-refractivity contribution is 7.90. The van der Waals surface area contributed by atoms with E-state index in [2.05, 4.69) is 10.2 Å². The zero-order valence-corrected chi connectivity index (χ0v) is 20.7. The van der Waals surface area contributed by atoms with Crippen LogP contribution < -0.4 is 5.32 Å². The first-order valence-corrected chi connectivity index (χ1v) is 12.8. The summed E-state index contributed by atoms with van der Waals surface area (Å²) < 4.78 is 39.0. The smallest absolute Gasteiger partial charge is 0.326 e.